The molecule has 0 aromatic heterocycles. The number of anilines is 1. The van der Waals surface area contributed by atoms with E-state index < -0.39 is 11.8 Å². The van der Waals surface area contributed by atoms with Crippen LogP contribution in [0.4, 0.5) is 5.69 Å². The maximum atomic E-state index is 12.1. The van der Waals surface area contributed by atoms with Gasteiger partial charge in [0.25, 0.3) is 0 Å². The van der Waals surface area contributed by atoms with Crippen LogP contribution in [0.1, 0.15) is 24.0 Å². The summed E-state index contributed by atoms with van der Waals surface area (Å²) in [4.78, 5) is 26.6. The number of amides is 2. The van der Waals surface area contributed by atoms with Crippen LogP contribution < -0.4 is 10.6 Å². The molecule has 0 aliphatic carbocycles. The highest BCUT2D eigenvalue weighted by molar-refractivity contribution is 6.39. The number of hydrogen-bond donors (Lipinski definition) is 2. The van der Waals surface area contributed by atoms with Gasteiger partial charge in [0.1, 0.15) is 6.07 Å². The zero-order valence-corrected chi connectivity index (χ0v) is 16.4. The largest absolute Gasteiger partial charge is 0.348 e. The van der Waals surface area contributed by atoms with Crippen molar-refractivity contribution in [1.29, 1.82) is 5.26 Å². The molecule has 0 atom stereocenters. The smallest absolute Gasteiger partial charge is 0.313 e. The van der Waals surface area contributed by atoms with Crippen LogP contribution in [0.5, 0.6) is 0 Å². The topological polar surface area (TPSA) is 85.2 Å². The molecular formula is C23H26N4O2. The summed E-state index contributed by atoms with van der Waals surface area (Å²) in [5.74, 6) is -1.02. The normalized spacial score (nSPS) is 14.7. The number of carbonyl (C=O) groups excluding carboxylic acids is 2. The Morgan fingerprint density at radius 3 is 2.41 bits per heavy atom. The van der Waals surface area contributed by atoms with Crippen molar-refractivity contribution < 1.29 is 9.59 Å². The molecular weight excluding hydrogens is 364 g/mol. The van der Waals surface area contributed by atoms with Gasteiger partial charge in [0, 0.05) is 13.1 Å². The summed E-state index contributed by atoms with van der Waals surface area (Å²) in [5, 5.41) is 14.3. The lowest BCUT2D eigenvalue weighted by molar-refractivity contribution is -0.136. The fourth-order valence-electron chi connectivity index (χ4n) is 3.53. The number of para-hydroxylation sites is 1. The van der Waals surface area contributed by atoms with Crippen molar-refractivity contribution in [3.05, 3.63) is 65.7 Å². The van der Waals surface area contributed by atoms with E-state index in [1.54, 1.807) is 24.3 Å². The average molecular weight is 390 g/mol. The molecule has 6 nitrogen and oxygen atoms in total. The fraction of sp³-hybridized carbons (Fsp3) is 0.348. The summed E-state index contributed by atoms with van der Waals surface area (Å²) < 4.78 is 0. The van der Waals surface area contributed by atoms with E-state index in [-0.39, 0.29) is 0 Å². The third-order valence-electron chi connectivity index (χ3n) is 5.32. The zero-order chi connectivity index (χ0) is 20.5. The first-order valence-corrected chi connectivity index (χ1v) is 10.0. The Morgan fingerprint density at radius 1 is 1.00 bits per heavy atom. The van der Waals surface area contributed by atoms with Crippen LogP contribution in [0.3, 0.4) is 0 Å². The van der Waals surface area contributed by atoms with Crippen LogP contribution in [-0.4, -0.2) is 42.9 Å². The summed E-state index contributed by atoms with van der Waals surface area (Å²) in [6.07, 6.45) is 3.06. The summed E-state index contributed by atoms with van der Waals surface area (Å²) in [7, 11) is 0. The van der Waals surface area contributed by atoms with Crippen LogP contribution in [0, 0.1) is 17.2 Å². The second kappa shape index (κ2) is 10.4. The minimum Gasteiger partial charge on any atom is -0.348 e. The van der Waals surface area contributed by atoms with Crippen LogP contribution in [0.15, 0.2) is 54.6 Å². The van der Waals surface area contributed by atoms with Gasteiger partial charge in [-0.05, 0) is 56.0 Å². The molecule has 6 heteroatoms. The highest BCUT2D eigenvalue weighted by Crippen LogP contribution is 2.17. The predicted octanol–water partition coefficient (Wildman–Crippen LogP) is 2.57. The molecule has 2 aromatic rings. The summed E-state index contributed by atoms with van der Waals surface area (Å²) >= 11 is 0. The number of nitrogens with one attached hydrogen (secondary N) is 2. The number of piperidine rings is 1. The van der Waals surface area contributed by atoms with Crippen molar-refractivity contribution in [2.24, 2.45) is 5.92 Å². The van der Waals surface area contributed by atoms with Crippen molar-refractivity contribution in [1.82, 2.24) is 10.2 Å². The lowest BCUT2D eigenvalue weighted by Crippen LogP contribution is -2.42. The van der Waals surface area contributed by atoms with Gasteiger partial charge in [-0.15, -0.1) is 0 Å². The molecule has 0 saturated carbocycles. The van der Waals surface area contributed by atoms with Gasteiger partial charge in [0.05, 0.1) is 11.3 Å². The van der Waals surface area contributed by atoms with Crippen molar-refractivity contribution in [2.75, 3.05) is 31.5 Å². The maximum absolute atomic E-state index is 12.1. The molecule has 0 bridgehead atoms. The van der Waals surface area contributed by atoms with E-state index in [4.69, 9.17) is 5.26 Å². The summed E-state index contributed by atoms with van der Waals surface area (Å²) in [6.45, 7) is 3.56. The van der Waals surface area contributed by atoms with Gasteiger partial charge >= 0.3 is 11.8 Å². The minimum atomic E-state index is -0.743. The van der Waals surface area contributed by atoms with Crippen molar-refractivity contribution in [3.8, 4) is 6.07 Å². The minimum absolute atomic E-state index is 0.330. The van der Waals surface area contributed by atoms with Gasteiger partial charge in [-0.3, -0.25) is 9.59 Å². The zero-order valence-electron chi connectivity index (χ0n) is 16.4. The van der Waals surface area contributed by atoms with Crippen molar-refractivity contribution in [3.63, 3.8) is 0 Å². The third kappa shape index (κ3) is 6.16. The van der Waals surface area contributed by atoms with Crippen LogP contribution in [-0.2, 0) is 16.0 Å². The monoisotopic (exact) mass is 390 g/mol. The number of nitrogens with zero attached hydrogens (tertiary/aromatic N) is 2. The Hall–Kier alpha value is -3.17. The number of hydrogen-bond acceptors (Lipinski definition) is 4. The maximum Gasteiger partial charge on any atom is 0.313 e. The number of carbonyl (C=O) groups is 2. The molecule has 1 fully saturated rings. The Kier molecular flexibility index (Phi) is 7.37. The van der Waals surface area contributed by atoms with E-state index in [1.807, 2.05) is 12.1 Å². The Labute approximate surface area is 171 Å². The molecule has 0 unspecified atom stereocenters. The first-order chi connectivity index (χ1) is 14.2. The van der Waals surface area contributed by atoms with E-state index in [9.17, 15) is 9.59 Å². The quantitative estimate of drug-likeness (QED) is 0.743. The van der Waals surface area contributed by atoms with Crippen molar-refractivity contribution >= 4 is 17.5 Å². The third-order valence-corrected chi connectivity index (χ3v) is 5.32. The second-order valence-electron chi connectivity index (χ2n) is 7.34. The molecule has 150 valence electrons. The lowest BCUT2D eigenvalue weighted by atomic mass is 9.96. The fourth-order valence-corrected chi connectivity index (χ4v) is 3.53. The molecule has 2 N–H and O–H groups in total. The SMILES string of the molecule is N#Cc1ccccc1NC(=O)C(=O)NCC1CCN(CCc2ccccc2)CC1. The Bertz CT molecular complexity index is 868. The molecule has 1 heterocycles. The highest BCUT2D eigenvalue weighted by atomic mass is 16.2. The molecule has 3 rings (SSSR count). The summed E-state index contributed by atoms with van der Waals surface area (Å²) in [6, 6.07) is 19.1. The molecule has 2 aromatic carbocycles. The molecule has 29 heavy (non-hydrogen) atoms. The Balaban J connectivity index is 1.37. The molecule has 2 amide bonds. The van der Waals surface area contributed by atoms with E-state index in [2.05, 4.69) is 39.8 Å². The lowest BCUT2D eigenvalue weighted by Gasteiger charge is -2.32. The van der Waals surface area contributed by atoms with Crippen LogP contribution in [0.25, 0.3) is 0 Å². The van der Waals surface area contributed by atoms with Crippen LogP contribution in [0.2, 0.25) is 0 Å². The molecule has 0 radical (unpaired) electrons. The Morgan fingerprint density at radius 2 is 1.69 bits per heavy atom. The number of rotatable bonds is 6. The van der Waals surface area contributed by atoms with E-state index in [0.717, 1.165) is 38.9 Å². The van der Waals surface area contributed by atoms with Crippen molar-refractivity contribution in [2.45, 2.75) is 19.3 Å². The second-order valence-corrected chi connectivity index (χ2v) is 7.34. The molecule has 1 aliphatic heterocycles. The average Bonchev–Trinajstić information content (AvgIpc) is 2.77. The van der Waals surface area contributed by atoms with E-state index in [1.165, 1.54) is 5.56 Å². The van der Waals surface area contributed by atoms with Gasteiger partial charge in [-0.1, -0.05) is 42.5 Å². The van der Waals surface area contributed by atoms with Gasteiger partial charge < -0.3 is 15.5 Å². The van der Waals surface area contributed by atoms with Gasteiger partial charge in [-0.25, -0.2) is 0 Å². The standard InChI is InChI=1S/C23H26N4O2/c24-16-20-8-4-5-9-21(20)26-23(29)22(28)25-17-19-11-14-27(15-12-19)13-10-18-6-2-1-3-7-18/h1-9,19H,10-15,17H2,(H,25,28)(H,26,29). The number of likely N-dealkylation sites (tertiary alicyclic amines) is 1. The predicted molar refractivity (Wildman–Crippen MR) is 112 cm³/mol. The van der Waals surface area contributed by atoms with Crippen LogP contribution >= 0.6 is 0 Å². The van der Waals surface area contributed by atoms with E-state index in [0.29, 0.717) is 23.7 Å². The highest BCUT2D eigenvalue weighted by Gasteiger charge is 2.21. The molecule has 1 aliphatic rings. The van der Waals surface area contributed by atoms with E-state index >= 15 is 0 Å². The van der Waals surface area contributed by atoms with Gasteiger partial charge in [0.2, 0.25) is 0 Å². The first-order valence-electron chi connectivity index (χ1n) is 10.0. The molecule has 0 spiro atoms. The number of benzene rings is 2. The molecule has 1 saturated heterocycles. The first kappa shape index (κ1) is 20.6. The summed E-state index contributed by atoms with van der Waals surface area (Å²) in [5.41, 5.74) is 2.03. The number of nitriles is 1. The van der Waals surface area contributed by atoms with Gasteiger partial charge in [0.15, 0.2) is 0 Å². The van der Waals surface area contributed by atoms with Gasteiger partial charge in [-0.2, -0.15) is 5.26 Å².